The van der Waals surface area contributed by atoms with Gasteiger partial charge in [0.25, 0.3) is 0 Å². The van der Waals surface area contributed by atoms with Gasteiger partial charge in [-0.25, -0.2) is 0 Å². The second kappa shape index (κ2) is 5.60. The predicted molar refractivity (Wildman–Crippen MR) is 83.5 cm³/mol. The third-order valence-corrected chi connectivity index (χ3v) is 8.32. The van der Waals surface area contributed by atoms with Gasteiger partial charge < -0.3 is 4.43 Å². The summed E-state index contributed by atoms with van der Waals surface area (Å²) in [6.45, 7) is 15.6. The van der Waals surface area contributed by atoms with Gasteiger partial charge >= 0.3 is 0 Å². The Kier molecular flexibility index (Phi) is 4.82. The Hall–Kier alpha value is -0.573. The molecule has 0 aliphatic carbocycles. The number of hydrogen-bond donors (Lipinski definition) is 0. The number of rotatable bonds is 4. The van der Waals surface area contributed by atoms with Crippen LogP contribution in [0.1, 0.15) is 31.9 Å². The molecule has 0 aliphatic rings. The van der Waals surface area contributed by atoms with Crippen LogP contribution in [-0.4, -0.2) is 8.32 Å². The van der Waals surface area contributed by atoms with Crippen molar-refractivity contribution in [3.63, 3.8) is 0 Å². The molecule has 1 nitrogen and oxygen atoms in total. The Balaban J connectivity index is 2.81. The predicted octanol–water partition coefficient (Wildman–Crippen LogP) is 5.50. The zero-order valence-corrected chi connectivity index (χ0v) is 13.8. The zero-order valence-electron chi connectivity index (χ0n) is 12.0. The molecule has 0 bridgehead atoms. The Morgan fingerprint density at radius 1 is 1.28 bits per heavy atom. The van der Waals surface area contributed by atoms with Crippen LogP contribution in [0.3, 0.4) is 0 Å². The largest absolute Gasteiger partial charge is 0.413 e. The van der Waals surface area contributed by atoms with E-state index in [-0.39, 0.29) is 5.04 Å². The van der Waals surface area contributed by atoms with Crippen LogP contribution in [0.2, 0.25) is 23.2 Å². The van der Waals surface area contributed by atoms with E-state index < -0.39 is 8.32 Å². The minimum absolute atomic E-state index is 0.229. The summed E-state index contributed by atoms with van der Waals surface area (Å²) in [5.41, 5.74) is 2.15. The quantitative estimate of drug-likeness (QED) is 0.662. The molecule has 100 valence electrons. The molecule has 0 unspecified atom stereocenters. The van der Waals surface area contributed by atoms with Gasteiger partial charge in [0.05, 0.1) is 6.61 Å². The Labute approximate surface area is 117 Å². The summed E-state index contributed by atoms with van der Waals surface area (Å²) in [6.07, 6.45) is 1.81. The molecular formula is C15H23ClOSi. The summed E-state index contributed by atoms with van der Waals surface area (Å²) in [6, 6.07) is 5.94. The Morgan fingerprint density at radius 3 is 2.39 bits per heavy atom. The average Bonchev–Trinajstić information content (AvgIpc) is 2.24. The van der Waals surface area contributed by atoms with E-state index in [1.165, 1.54) is 0 Å². The maximum Gasteiger partial charge on any atom is 0.192 e. The highest BCUT2D eigenvalue weighted by Gasteiger charge is 2.36. The highest BCUT2D eigenvalue weighted by atomic mass is 35.5. The molecule has 0 spiro atoms. The second-order valence-corrected chi connectivity index (χ2v) is 11.4. The lowest BCUT2D eigenvalue weighted by Gasteiger charge is -2.36. The summed E-state index contributed by atoms with van der Waals surface area (Å²) in [7, 11) is -1.70. The highest BCUT2D eigenvalue weighted by molar-refractivity contribution is 6.74. The molecule has 0 saturated carbocycles. The van der Waals surface area contributed by atoms with Crippen LogP contribution in [0.25, 0.3) is 6.08 Å². The van der Waals surface area contributed by atoms with Gasteiger partial charge in [-0.15, -0.1) is 0 Å². The Bertz CT molecular complexity index is 433. The topological polar surface area (TPSA) is 9.23 Å². The van der Waals surface area contributed by atoms with E-state index in [1.54, 1.807) is 0 Å². The summed E-state index contributed by atoms with van der Waals surface area (Å²) in [5.74, 6) is 0. The first-order chi connectivity index (χ1) is 8.15. The minimum Gasteiger partial charge on any atom is -0.413 e. The molecule has 1 aromatic carbocycles. The molecule has 0 N–H and O–H groups in total. The van der Waals surface area contributed by atoms with Gasteiger partial charge in [-0.05, 0) is 47.5 Å². The Morgan fingerprint density at radius 2 is 1.89 bits per heavy atom. The molecule has 3 heteroatoms. The summed E-state index contributed by atoms with van der Waals surface area (Å²) < 4.78 is 6.18. The molecule has 18 heavy (non-hydrogen) atoms. The van der Waals surface area contributed by atoms with Gasteiger partial charge in [0.2, 0.25) is 0 Å². The third kappa shape index (κ3) is 3.97. The van der Waals surface area contributed by atoms with Crippen molar-refractivity contribution < 1.29 is 4.43 Å². The lowest BCUT2D eigenvalue weighted by molar-refractivity contribution is 0.276. The molecule has 0 aromatic heterocycles. The summed E-state index contributed by atoms with van der Waals surface area (Å²) in [5, 5.41) is 0.966. The van der Waals surface area contributed by atoms with E-state index in [2.05, 4.69) is 46.5 Å². The van der Waals surface area contributed by atoms with Gasteiger partial charge in [0.1, 0.15) is 0 Å². The fourth-order valence-electron chi connectivity index (χ4n) is 1.36. The summed E-state index contributed by atoms with van der Waals surface area (Å²) >= 11 is 6.08. The van der Waals surface area contributed by atoms with Crippen LogP contribution in [0.4, 0.5) is 0 Å². The molecule has 0 fully saturated rings. The normalized spacial score (nSPS) is 12.6. The first-order valence-electron chi connectivity index (χ1n) is 6.21. The van der Waals surface area contributed by atoms with E-state index in [4.69, 9.17) is 16.0 Å². The van der Waals surface area contributed by atoms with Crippen LogP contribution in [0.15, 0.2) is 24.8 Å². The zero-order chi connectivity index (χ0) is 14.0. The minimum atomic E-state index is -1.70. The van der Waals surface area contributed by atoms with E-state index >= 15 is 0 Å². The van der Waals surface area contributed by atoms with Crippen LogP contribution in [-0.2, 0) is 11.0 Å². The van der Waals surface area contributed by atoms with Crippen LogP contribution in [0, 0.1) is 0 Å². The van der Waals surface area contributed by atoms with Gasteiger partial charge in [-0.1, -0.05) is 45.0 Å². The molecule has 1 aromatic rings. The smallest absolute Gasteiger partial charge is 0.192 e. The van der Waals surface area contributed by atoms with Crippen molar-refractivity contribution in [1.82, 2.24) is 0 Å². The van der Waals surface area contributed by atoms with Crippen molar-refractivity contribution in [2.75, 3.05) is 0 Å². The third-order valence-electron chi connectivity index (χ3n) is 3.62. The fourth-order valence-corrected chi connectivity index (χ4v) is 2.58. The first-order valence-corrected chi connectivity index (χ1v) is 9.50. The standard InChI is InChI=1S/C15H23ClOSi/c1-7-12-8-13(10-14(16)9-12)11-17-18(5,6)15(2,3)4/h7-10H,1,11H2,2-6H3. The average molecular weight is 283 g/mol. The van der Waals surface area contributed by atoms with Crippen molar-refractivity contribution in [1.29, 1.82) is 0 Å². The van der Waals surface area contributed by atoms with E-state index in [9.17, 15) is 0 Å². The molecular weight excluding hydrogens is 260 g/mol. The number of benzene rings is 1. The van der Waals surface area contributed by atoms with Gasteiger partial charge in [-0.2, -0.15) is 0 Å². The van der Waals surface area contributed by atoms with Crippen LogP contribution >= 0.6 is 11.6 Å². The molecule has 0 atom stereocenters. The lowest BCUT2D eigenvalue weighted by Crippen LogP contribution is -2.40. The molecule has 1 rings (SSSR count). The molecule has 0 radical (unpaired) electrons. The molecule has 0 saturated heterocycles. The van der Waals surface area contributed by atoms with Crippen molar-refractivity contribution in [2.45, 2.75) is 45.5 Å². The number of hydrogen-bond acceptors (Lipinski definition) is 1. The molecule has 0 amide bonds. The van der Waals surface area contributed by atoms with Crippen molar-refractivity contribution in [3.05, 3.63) is 40.9 Å². The van der Waals surface area contributed by atoms with Crippen LogP contribution < -0.4 is 0 Å². The van der Waals surface area contributed by atoms with E-state index in [0.29, 0.717) is 6.61 Å². The van der Waals surface area contributed by atoms with E-state index in [1.807, 2.05) is 18.2 Å². The SMILES string of the molecule is C=Cc1cc(Cl)cc(CO[Si](C)(C)C(C)(C)C)c1. The highest BCUT2D eigenvalue weighted by Crippen LogP contribution is 2.37. The second-order valence-electron chi connectivity index (χ2n) is 6.15. The first kappa shape index (κ1) is 15.5. The monoisotopic (exact) mass is 282 g/mol. The van der Waals surface area contributed by atoms with E-state index in [0.717, 1.165) is 16.1 Å². The maximum absolute atomic E-state index is 6.18. The van der Waals surface area contributed by atoms with Crippen molar-refractivity contribution in [3.8, 4) is 0 Å². The van der Waals surface area contributed by atoms with Crippen LogP contribution in [0.5, 0.6) is 0 Å². The van der Waals surface area contributed by atoms with Gasteiger partial charge in [-0.3, -0.25) is 0 Å². The number of halogens is 1. The van der Waals surface area contributed by atoms with Crippen molar-refractivity contribution >= 4 is 26.0 Å². The molecule has 0 aliphatic heterocycles. The summed E-state index contributed by atoms with van der Waals surface area (Å²) in [4.78, 5) is 0. The lowest BCUT2D eigenvalue weighted by atomic mass is 10.1. The molecule has 0 heterocycles. The fraction of sp³-hybridized carbons (Fsp3) is 0.467. The maximum atomic E-state index is 6.18. The van der Waals surface area contributed by atoms with Gasteiger partial charge in [0, 0.05) is 5.02 Å². The van der Waals surface area contributed by atoms with Crippen molar-refractivity contribution in [2.24, 2.45) is 0 Å². The van der Waals surface area contributed by atoms with Gasteiger partial charge in [0.15, 0.2) is 8.32 Å².